The van der Waals surface area contributed by atoms with E-state index in [4.69, 9.17) is 4.98 Å². The number of aliphatic hydroxyl groups is 1. The average Bonchev–Trinajstić information content (AvgIpc) is 3.53. The quantitative estimate of drug-likeness (QED) is 0.192. The molecule has 3 heteroatoms. The lowest BCUT2D eigenvalue weighted by atomic mass is 9.76. The van der Waals surface area contributed by atoms with E-state index in [9.17, 15) is 5.11 Å². The second kappa shape index (κ2) is 11.1. The van der Waals surface area contributed by atoms with Crippen molar-refractivity contribution < 1.29 is 5.11 Å². The largest absolute Gasteiger partial charge is 0.378 e. The number of benzene rings is 5. The molecular formula is C39H38N2O. The molecule has 1 aromatic heterocycles. The van der Waals surface area contributed by atoms with E-state index in [2.05, 4.69) is 141 Å². The summed E-state index contributed by atoms with van der Waals surface area (Å²) >= 11 is 0. The maximum Gasteiger partial charge on any atom is 0.135 e. The van der Waals surface area contributed by atoms with E-state index in [0.717, 1.165) is 27.6 Å². The molecule has 0 spiro atoms. The number of imidazole rings is 1. The summed E-state index contributed by atoms with van der Waals surface area (Å²) in [6, 6.07) is 44.6. The number of hydrogen-bond donors (Lipinski definition) is 1. The van der Waals surface area contributed by atoms with Gasteiger partial charge in [0.2, 0.25) is 0 Å². The Hall–Kier alpha value is -4.47. The number of hydrogen-bond acceptors (Lipinski definition) is 2. The van der Waals surface area contributed by atoms with Crippen LogP contribution in [0.1, 0.15) is 67.1 Å². The van der Waals surface area contributed by atoms with Gasteiger partial charge in [-0.25, -0.2) is 4.98 Å². The van der Waals surface area contributed by atoms with Gasteiger partial charge in [0.05, 0.1) is 12.0 Å². The zero-order valence-corrected chi connectivity index (χ0v) is 24.8. The SMILES string of the molecule is CC(C)c1ccc2cc(C(O)(c3cn(C(c4ccccc4)(c4ccccc4)c4ccccc4)cn3)C(C)C)ccc2c1. The minimum absolute atomic E-state index is 0.118. The van der Waals surface area contributed by atoms with E-state index in [1.165, 1.54) is 10.9 Å². The molecule has 1 N–H and O–H groups in total. The van der Waals surface area contributed by atoms with Crippen LogP contribution >= 0.6 is 0 Å². The predicted molar refractivity (Wildman–Crippen MR) is 173 cm³/mol. The fourth-order valence-electron chi connectivity index (χ4n) is 6.33. The van der Waals surface area contributed by atoms with Crippen molar-refractivity contribution in [1.29, 1.82) is 0 Å². The van der Waals surface area contributed by atoms with Crippen molar-refractivity contribution in [2.75, 3.05) is 0 Å². The Morgan fingerprint density at radius 1 is 0.595 bits per heavy atom. The van der Waals surface area contributed by atoms with Crippen LogP contribution in [0.25, 0.3) is 10.8 Å². The molecule has 210 valence electrons. The molecule has 0 saturated heterocycles. The standard InChI is InChI=1S/C39H38N2O/c1-28(2)30-20-21-32-25-36(23-22-31(32)24-30)39(42,29(3)4)37-26-41(27-40-37)38(33-14-8-5-9-15-33,34-16-10-6-11-17-34)35-18-12-7-13-19-35/h5-29,42H,1-4H3. The van der Waals surface area contributed by atoms with Crippen molar-refractivity contribution in [2.24, 2.45) is 5.92 Å². The second-order valence-electron chi connectivity index (χ2n) is 11.9. The van der Waals surface area contributed by atoms with Crippen molar-refractivity contribution in [1.82, 2.24) is 9.55 Å². The normalized spacial score (nSPS) is 13.5. The van der Waals surface area contributed by atoms with Crippen molar-refractivity contribution >= 4 is 10.8 Å². The highest BCUT2D eigenvalue weighted by Gasteiger charge is 2.42. The molecule has 0 amide bonds. The summed E-state index contributed by atoms with van der Waals surface area (Å²) in [4.78, 5) is 4.96. The van der Waals surface area contributed by atoms with Crippen LogP contribution in [0.2, 0.25) is 0 Å². The fraction of sp³-hybridized carbons (Fsp3) is 0.205. The van der Waals surface area contributed by atoms with Crippen LogP contribution in [0, 0.1) is 5.92 Å². The van der Waals surface area contributed by atoms with E-state index < -0.39 is 11.1 Å². The molecule has 6 rings (SSSR count). The Morgan fingerprint density at radius 3 is 1.60 bits per heavy atom. The Balaban J connectivity index is 1.56. The molecule has 0 radical (unpaired) electrons. The highest BCUT2D eigenvalue weighted by molar-refractivity contribution is 5.84. The second-order valence-corrected chi connectivity index (χ2v) is 11.9. The molecule has 1 heterocycles. The molecule has 0 fully saturated rings. The first-order valence-corrected chi connectivity index (χ1v) is 14.8. The van der Waals surface area contributed by atoms with E-state index >= 15 is 0 Å². The fourth-order valence-corrected chi connectivity index (χ4v) is 6.33. The number of nitrogens with zero attached hydrogens (tertiary/aromatic N) is 2. The lowest BCUT2D eigenvalue weighted by molar-refractivity contribution is 0.0279. The lowest BCUT2D eigenvalue weighted by Gasteiger charge is -2.37. The first kappa shape index (κ1) is 27.7. The molecule has 1 unspecified atom stereocenters. The smallest absolute Gasteiger partial charge is 0.135 e. The van der Waals surface area contributed by atoms with Crippen molar-refractivity contribution in [3.05, 3.63) is 173 Å². The van der Waals surface area contributed by atoms with Gasteiger partial charge in [-0.15, -0.1) is 0 Å². The van der Waals surface area contributed by atoms with Gasteiger partial charge in [-0.3, -0.25) is 0 Å². The Kier molecular flexibility index (Phi) is 7.30. The maximum atomic E-state index is 12.5. The van der Waals surface area contributed by atoms with Crippen LogP contribution in [0.3, 0.4) is 0 Å². The van der Waals surface area contributed by atoms with Crippen molar-refractivity contribution in [3.8, 4) is 0 Å². The van der Waals surface area contributed by atoms with Crippen LogP contribution in [0.4, 0.5) is 0 Å². The topological polar surface area (TPSA) is 38.0 Å². The van der Waals surface area contributed by atoms with Crippen LogP contribution in [-0.4, -0.2) is 14.7 Å². The summed E-state index contributed by atoms with van der Waals surface area (Å²) in [7, 11) is 0. The molecular weight excluding hydrogens is 512 g/mol. The van der Waals surface area contributed by atoms with Crippen molar-refractivity contribution in [3.63, 3.8) is 0 Å². The van der Waals surface area contributed by atoms with Crippen molar-refractivity contribution in [2.45, 2.75) is 44.8 Å². The predicted octanol–water partition coefficient (Wildman–Crippen LogP) is 8.89. The third kappa shape index (κ3) is 4.55. The molecule has 0 saturated carbocycles. The van der Waals surface area contributed by atoms with Crippen LogP contribution < -0.4 is 0 Å². The van der Waals surface area contributed by atoms with Gasteiger partial charge in [-0.1, -0.05) is 149 Å². The third-order valence-corrected chi connectivity index (χ3v) is 8.74. The summed E-state index contributed by atoms with van der Waals surface area (Å²) in [6.07, 6.45) is 3.92. The lowest BCUT2D eigenvalue weighted by Crippen LogP contribution is -2.37. The number of rotatable bonds is 8. The molecule has 0 aliphatic heterocycles. The maximum absolute atomic E-state index is 12.5. The first-order chi connectivity index (χ1) is 20.3. The summed E-state index contributed by atoms with van der Waals surface area (Å²) < 4.78 is 2.17. The van der Waals surface area contributed by atoms with Gasteiger partial charge in [-0.2, -0.15) is 0 Å². The number of fused-ring (bicyclic) bond motifs is 1. The Bertz CT molecular complexity index is 1690. The molecule has 0 aliphatic carbocycles. The zero-order chi connectivity index (χ0) is 29.3. The van der Waals surface area contributed by atoms with E-state index in [0.29, 0.717) is 11.6 Å². The van der Waals surface area contributed by atoms with E-state index in [-0.39, 0.29) is 5.92 Å². The first-order valence-electron chi connectivity index (χ1n) is 14.8. The highest BCUT2D eigenvalue weighted by Crippen LogP contribution is 2.43. The summed E-state index contributed by atoms with van der Waals surface area (Å²) in [5.74, 6) is 0.345. The summed E-state index contributed by atoms with van der Waals surface area (Å²) in [5, 5.41) is 14.8. The van der Waals surface area contributed by atoms with Crippen LogP contribution in [0.15, 0.2) is 140 Å². The highest BCUT2D eigenvalue weighted by atomic mass is 16.3. The van der Waals surface area contributed by atoms with Gasteiger partial charge in [0, 0.05) is 6.20 Å². The molecule has 0 aliphatic rings. The number of aromatic nitrogens is 2. The van der Waals surface area contributed by atoms with Crippen LogP contribution in [0.5, 0.6) is 0 Å². The Morgan fingerprint density at radius 2 is 1.10 bits per heavy atom. The van der Waals surface area contributed by atoms with E-state index in [1.54, 1.807) is 0 Å². The zero-order valence-electron chi connectivity index (χ0n) is 24.8. The molecule has 3 nitrogen and oxygen atoms in total. The summed E-state index contributed by atoms with van der Waals surface area (Å²) in [6.45, 7) is 8.54. The minimum atomic E-state index is -1.29. The van der Waals surface area contributed by atoms with Gasteiger partial charge >= 0.3 is 0 Å². The minimum Gasteiger partial charge on any atom is -0.378 e. The summed E-state index contributed by atoms with van der Waals surface area (Å²) in [5.41, 5.74) is 4.16. The molecule has 0 bridgehead atoms. The van der Waals surface area contributed by atoms with E-state index in [1.807, 2.05) is 30.7 Å². The third-order valence-electron chi connectivity index (χ3n) is 8.74. The molecule has 42 heavy (non-hydrogen) atoms. The van der Waals surface area contributed by atoms with Gasteiger partial charge in [0.25, 0.3) is 0 Å². The molecule has 5 aromatic carbocycles. The average molecular weight is 551 g/mol. The van der Waals surface area contributed by atoms with Gasteiger partial charge in [0.15, 0.2) is 0 Å². The molecule has 1 atom stereocenters. The van der Waals surface area contributed by atoms with Crippen LogP contribution in [-0.2, 0) is 11.1 Å². The van der Waals surface area contributed by atoms with Gasteiger partial charge < -0.3 is 9.67 Å². The molecule has 6 aromatic rings. The van der Waals surface area contributed by atoms with Gasteiger partial charge in [0.1, 0.15) is 11.1 Å². The Labute approximate surface area is 249 Å². The monoisotopic (exact) mass is 550 g/mol. The van der Waals surface area contributed by atoms with Gasteiger partial charge in [-0.05, 0) is 56.5 Å².